The number of hydrogen-bond donors (Lipinski definition) is 1. The second kappa shape index (κ2) is 7.30. The van der Waals surface area contributed by atoms with Crippen LogP contribution < -0.4 is 5.32 Å². The molecule has 0 aliphatic rings. The van der Waals surface area contributed by atoms with Crippen molar-refractivity contribution >= 4 is 0 Å². The van der Waals surface area contributed by atoms with Crippen LogP contribution in [0.15, 0.2) is 53.1 Å². The van der Waals surface area contributed by atoms with Crippen molar-refractivity contribution in [3.8, 4) is 0 Å². The molecule has 0 aliphatic carbocycles. The van der Waals surface area contributed by atoms with Crippen LogP contribution in [0.1, 0.15) is 37.5 Å². The third-order valence-corrected chi connectivity index (χ3v) is 4.25. The van der Waals surface area contributed by atoms with Crippen LogP contribution in [0, 0.1) is 5.92 Å². The largest absolute Gasteiger partial charge is 0.469 e. The summed E-state index contributed by atoms with van der Waals surface area (Å²) in [5.74, 6) is 2.18. The molecule has 1 aromatic heterocycles. The molecule has 0 saturated heterocycles. The van der Waals surface area contributed by atoms with E-state index in [9.17, 15) is 0 Å². The van der Waals surface area contributed by atoms with Crippen LogP contribution in [0.2, 0.25) is 0 Å². The lowest BCUT2D eigenvalue weighted by Gasteiger charge is -2.31. The Bertz CT molecular complexity index is 477. The van der Waals surface area contributed by atoms with Gasteiger partial charge < -0.3 is 9.73 Å². The average molecular weight is 271 g/mol. The lowest BCUT2D eigenvalue weighted by Crippen LogP contribution is -2.37. The van der Waals surface area contributed by atoms with Crippen molar-refractivity contribution in [2.45, 2.75) is 38.6 Å². The summed E-state index contributed by atoms with van der Waals surface area (Å²) in [6.07, 6.45) is 3.85. The van der Waals surface area contributed by atoms with Gasteiger partial charge in [0.25, 0.3) is 0 Å². The molecule has 0 saturated carbocycles. The zero-order valence-corrected chi connectivity index (χ0v) is 12.7. The van der Waals surface area contributed by atoms with E-state index < -0.39 is 0 Å². The molecule has 0 amide bonds. The zero-order valence-electron chi connectivity index (χ0n) is 12.7. The van der Waals surface area contributed by atoms with Gasteiger partial charge >= 0.3 is 0 Å². The Morgan fingerprint density at radius 3 is 2.40 bits per heavy atom. The molecule has 0 radical (unpaired) electrons. The quantitative estimate of drug-likeness (QED) is 0.815. The van der Waals surface area contributed by atoms with E-state index in [2.05, 4.69) is 55.6 Å². The third-order valence-electron chi connectivity index (χ3n) is 4.25. The Kier molecular flexibility index (Phi) is 5.42. The maximum atomic E-state index is 5.53. The molecular formula is C18H25NO. The molecule has 0 fully saturated rings. The van der Waals surface area contributed by atoms with Crippen molar-refractivity contribution < 1.29 is 4.42 Å². The summed E-state index contributed by atoms with van der Waals surface area (Å²) < 4.78 is 5.53. The minimum atomic E-state index is 0.387. The fourth-order valence-electron chi connectivity index (χ4n) is 2.94. The summed E-state index contributed by atoms with van der Waals surface area (Å²) >= 11 is 0. The molecule has 2 heteroatoms. The molecule has 108 valence electrons. The number of likely N-dealkylation sites (N-methyl/N-ethyl adjacent to an activating group) is 1. The molecule has 2 rings (SSSR count). The molecule has 2 aromatic rings. The number of nitrogens with one attached hydrogen (secondary N) is 1. The first kappa shape index (κ1) is 14.9. The Hall–Kier alpha value is -1.54. The minimum Gasteiger partial charge on any atom is -0.469 e. The lowest BCUT2D eigenvalue weighted by atomic mass is 9.79. The fourth-order valence-corrected chi connectivity index (χ4v) is 2.94. The van der Waals surface area contributed by atoms with Gasteiger partial charge in [0, 0.05) is 18.4 Å². The number of rotatable bonds is 7. The molecule has 1 aromatic carbocycles. The van der Waals surface area contributed by atoms with E-state index in [0.717, 1.165) is 12.2 Å². The number of hydrogen-bond acceptors (Lipinski definition) is 2. The van der Waals surface area contributed by atoms with Crippen molar-refractivity contribution in [3.63, 3.8) is 0 Å². The van der Waals surface area contributed by atoms with E-state index in [0.29, 0.717) is 17.9 Å². The molecule has 0 spiro atoms. The molecular weight excluding hydrogens is 246 g/mol. The SMILES string of the molecule is CCC(C)C(c1ccccc1)C(Cc1ccco1)NC. The highest BCUT2D eigenvalue weighted by atomic mass is 16.3. The Labute approximate surface area is 122 Å². The zero-order chi connectivity index (χ0) is 14.4. The highest BCUT2D eigenvalue weighted by Crippen LogP contribution is 2.31. The molecule has 20 heavy (non-hydrogen) atoms. The lowest BCUT2D eigenvalue weighted by molar-refractivity contribution is 0.331. The van der Waals surface area contributed by atoms with Crippen LogP contribution in [-0.2, 0) is 6.42 Å². The van der Waals surface area contributed by atoms with Crippen LogP contribution in [0.3, 0.4) is 0 Å². The smallest absolute Gasteiger partial charge is 0.105 e. The highest BCUT2D eigenvalue weighted by Gasteiger charge is 2.27. The minimum absolute atomic E-state index is 0.387. The number of furan rings is 1. The molecule has 2 nitrogen and oxygen atoms in total. The Balaban J connectivity index is 2.24. The summed E-state index contributed by atoms with van der Waals surface area (Å²) in [7, 11) is 2.05. The van der Waals surface area contributed by atoms with Crippen LogP contribution >= 0.6 is 0 Å². The summed E-state index contributed by atoms with van der Waals surface area (Å²) in [4.78, 5) is 0. The van der Waals surface area contributed by atoms with Crippen molar-refractivity contribution in [1.82, 2.24) is 5.32 Å². The topological polar surface area (TPSA) is 25.2 Å². The van der Waals surface area contributed by atoms with E-state index in [4.69, 9.17) is 4.42 Å². The first-order valence-electron chi connectivity index (χ1n) is 7.50. The number of benzene rings is 1. The predicted molar refractivity (Wildman–Crippen MR) is 83.9 cm³/mol. The molecule has 1 heterocycles. The van der Waals surface area contributed by atoms with E-state index >= 15 is 0 Å². The van der Waals surface area contributed by atoms with E-state index in [1.165, 1.54) is 12.0 Å². The Morgan fingerprint density at radius 2 is 1.85 bits per heavy atom. The van der Waals surface area contributed by atoms with Gasteiger partial charge in [-0.1, -0.05) is 50.6 Å². The van der Waals surface area contributed by atoms with Gasteiger partial charge in [0.05, 0.1) is 6.26 Å². The van der Waals surface area contributed by atoms with Gasteiger partial charge in [-0.25, -0.2) is 0 Å². The van der Waals surface area contributed by atoms with Gasteiger partial charge in [0.1, 0.15) is 5.76 Å². The van der Waals surface area contributed by atoms with Crippen LogP contribution in [0.25, 0.3) is 0 Å². The summed E-state index contributed by atoms with van der Waals surface area (Å²) in [6, 6.07) is 15.2. The first-order valence-corrected chi connectivity index (χ1v) is 7.50. The average Bonchev–Trinajstić information content (AvgIpc) is 3.00. The first-order chi connectivity index (χ1) is 9.76. The highest BCUT2D eigenvalue weighted by molar-refractivity contribution is 5.23. The van der Waals surface area contributed by atoms with Gasteiger partial charge in [0.2, 0.25) is 0 Å². The molecule has 3 unspecified atom stereocenters. The van der Waals surface area contributed by atoms with Gasteiger partial charge in [0.15, 0.2) is 0 Å². The van der Waals surface area contributed by atoms with Gasteiger partial charge in [-0.2, -0.15) is 0 Å². The van der Waals surface area contributed by atoms with Gasteiger partial charge in [-0.3, -0.25) is 0 Å². The van der Waals surface area contributed by atoms with Crippen molar-refractivity contribution in [3.05, 3.63) is 60.1 Å². The van der Waals surface area contributed by atoms with Crippen molar-refractivity contribution in [1.29, 1.82) is 0 Å². The predicted octanol–water partition coefficient (Wildman–Crippen LogP) is 4.24. The molecule has 0 bridgehead atoms. The Morgan fingerprint density at radius 1 is 1.10 bits per heavy atom. The third kappa shape index (κ3) is 3.51. The van der Waals surface area contributed by atoms with Crippen LogP contribution in [0.4, 0.5) is 0 Å². The van der Waals surface area contributed by atoms with E-state index in [1.54, 1.807) is 6.26 Å². The second-order valence-corrected chi connectivity index (χ2v) is 5.50. The summed E-state index contributed by atoms with van der Waals surface area (Å²) in [6.45, 7) is 4.60. The monoisotopic (exact) mass is 271 g/mol. The molecule has 1 N–H and O–H groups in total. The van der Waals surface area contributed by atoms with Crippen molar-refractivity contribution in [2.24, 2.45) is 5.92 Å². The normalized spacial score (nSPS) is 15.8. The van der Waals surface area contributed by atoms with Crippen LogP contribution in [-0.4, -0.2) is 13.1 Å². The fraction of sp³-hybridized carbons (Fsp3) is 0.444. The summed E-state index contributed by atoms with van der Waals surface area (Å²) in [5.41, 5.74) is 1.41. The maximum absolute atomic E-state index is 5.53. The van der Waals surface area contributed by atoms with Gasteiger partial charge in [-0.15, -0.1) is 0 Å². The summed E-state index contributed by atoms with van der Waals surface area (Å²) in [5, 5.41) is 3.49. The van der Waals surface area contributed by atoms with Crippen LogP contribution in [0.5, 0.6) is 0 Å². The van der Waals surface area contributed by atoms with E-state index in [-0.39, 0.29) is 0 Å². The molecule has 3 atom stereocenters. The standard InChI is InChI=1S/C18H25NO/c1-4-14(2)18(15-9-6-5-7-10-15)17(19-3)13-16-11-8-12-20-16/h5-12,14,17-19H,4,13H2,1-3H3. The van der Waals surface area contributed by atoms with Crippen molar-refractivity contribution in [2.75, 3.05) is 7.05 Å². The maximum Gasteiger partial charge on any atom is 0.105 e. The second-order valence-electron chi connectivity index (χ2n) is 5.50. The van der Waals surface area contributed by atoms with Gasteiger partial charge in [-0.05, 0) is 30.7 Å². The molecule has 0 aliphatic heterocycles. The van der Waals surface area contributed by atoms with E-state index in [1.807, 2.05) is 13.1 Å².